The highest BCUT2D eigenvalue weighted by Gasteiger charge is 1.92. The molecule has 0 spiro atoms. The summed E-state index contributed by atoms with van der Waals surface area (Å²) in [5.74, 6) is 0. The van der Waals surface area contributed by atoms with Crippen LogP contribution in [0.1, 0.15) is 5.56 Å². The van der Waals surface area contributed by atoms with Crippen LogP contribution in [0.15, 0.2) is 36.7 Å². The van der Waals surface area contributed by atoms with Crippen molar-refractivity contribution in [1.82, 2.24) is 4.40 Å². The quantitative estimate of drug-likeness (QED) is 0.637. The molecular formula is C9H8BrN. The van der Waals surface area contributed by atoms with Crippen LogP contribution < -0.4 is 0 Å². The Hall–Kier alpha value is -0.760. The van der Waals surface area contributed by atoms with E-state index in [1.807, 2.05) is 12.3 Å². The highest BCUT2D eigenvalue weighted by Crippen LogP contribution is 2.10. The maximum Gasteiger partial charge on any atom is 0.0452 e. The molecule has 0 N–H and O–H groups in total. The van der Waals surface area contributed by atoms with E-state index in [1.54, 1.807) is 0 Å². The van der Waals surface area contributed by atoms with E-state index in [1.165, 1.54) is 11.1 Å². The van der Waals surface area contributed by atoms with Crippen molar-refractivity contribution in [2.75, 3.05) is 0 Å². The smallest absolute Gasteiger partial charge is 0.0452 e. The molecule has 0 aromatic carbocycles. The monoisotopic (exact) mass is 209 g/mol. The standard InChI is InChI=1S/C9H8BrN/c10-7-8-3-5-11-4-1-2-9(11)6-8/h1-6H,7H2. The first-order valence-electron chi connectivity index (χ1n) is 3.52. The lowest BCUT2D eigenvalue weighted by atomic mass is 10.3. The lowest BCUT2D eigenvalue weighted by Crippen LogP contribution is -1.82. The molecule has 2 heteroatoms. The summed E-state index contributed by atoms with van der Waals surface area (Å²) in [6.45, 7) is 0. The molecule has 11 heavy (non-hydrogen) atoms. The third-order valence-corrected chi connectivity index (χ3v) is 2.40. The van der Waals surface area contributed by atoms with Gasteiger partial charge in [-0.1, -0.05) is 15.9 Å². The van der Waals surface area contributed by atoms with Crippen LogP contribution in [0.4, 0.5) is 0 Å². The Morgan fingerprint density at radius 1 is 1.27 bits per heavy atom. The van der Waals surface area contributed by atoms with Crippen molar-refractivity contribution in [2.45, 2.75) is 5.33 Å². The van der Waals surface area contributed by atoms with E-state index in [4.69, 9.17) is 0 Å². The van der Waals surface area contributed by atoms with Gasteiger partial charge in [-0.2, -0.15) is 0 Å². The molecule has 2 aromatic rings. The van der Waals surface area contributed by atoms with Crippen molar-refractivity contribution in [3.63, 3.8) is 0 Å². The van der Waals surface area contributed by atoms with Crippen LogP contribution in [-0.2, 0) is 5.33 Å². The summed E-state index contributed by atoms with van der Waals surface area (Å²) in [5.41, 5.74) is 2.57. The van der Waals surface area contributed by atoms with E-state index < -0.39 is 0 Å². The van der Waals surface area contributed by atoms with Crippen molar-refractivity contribution in [3.8, 4) is 0 Å². The maximum absolute atomic E-state index is 3.42. The van der Waals surface area contributed by atoms with Gasteiger partial charge in [-0.05, 0) is 29.8 Å². The number of rotatable bonds is 1. The van der Waals surface area contributed by atoms with Gasteiger partial charge in [0.1, 0.15) is 0 Å². The molecule has 0 amide bonds. The molecule has 2 heterocycles. The molecule has 0 fully saturated rings. The third-order valence-electron chi connectivity index (χ3n) is 1.75. The molecule has 0 aliphatic heterocycles. The summed E-state index contributed by atoms with van der Waals surface area (Å²) in [7, 11) is 0. The number of fused-ring (bicyclic) bond motifs is 1. The number of aromatic nitrogens is 1. The van der Waals surface area contributed by atoms with Crippen LogP contribution in [0.25, 0.3) is 5.52 Å². The number of pyridine rings is 1. The van der Waals surface area contributed by atoms with Gasteiger partial charge in [-0.3, -0.25) is 0 Å². The lowest BCUT2D eigenvalue weighted by molar-refractivity contribution is 1.18. The Balaban J connectivity index is 2.67. The molecule has 0 atom stereocenters. The van der Waals surface area contributed by atoms with Gasteiger partial charge in [-0.15, -0.1) is 0 Å². The average Bonchev–Trinajstić information content (AvgIpc) is 2.50. The molecule has 0 radical (unpaired) electrons. The largest absolute Gasteiger partial charge is 0.324 e. The Morgan fingerprint density at radius 2 is 2.18 bits per heavy atom. The molecule has 0 saturated carbocycles. The first-order chi connectivity index (χ1) is 5.40. The minimum atomic E-state index is 0.925. The predicted octanol–water partition coefficient (Wildman–Crippen LogP) is 2.83. The van der Waals surface area contributed by atoms with Gasteiger partial charge in [0, 0.05) is 23.2 Å². The SMILES string of the molecule is BrCc1ccn2cccc2c1. The molecule has 1 nitrogen and oxygen atoms in total. The number of nitrogens with zero attached hydrogens (tertiary/aromatic N) is 1. The fraction of sp³-hybridized carbons (Fsp3) is 0.111. The number of hydrogen-bond donors (Lipinski definition) is 0. The van der Waals surface area contributed by atoms with Crippen molar-refractivity contribution in [2.24, 2.45) is 0 Å². The molecule has 0 saturated heterocycles. The molecule has 0 aliphatic rings. The highest BCUT2D eigenvalue weighted by atomic mass is 79.9. The van der Waals surface area contributed by atoms with E-state index in [0.717, 1.165) is 5.33 Å². The Labute approximate surface area is 73.8 Å². The zero-order valence-corrected chi connectivity index (χ0v) is 7.58. The summed E-state index contributed by atoms with van der Waals surface area (Å²) in [5, 5.41) is 0.925. The van der Waals surface area contributed by atoms with Gasteiger partial charge in [-0.25, -0.2) is 0 Å². The third kappa shape index (κ3) is 1.18. The fourth-order valence-electron chi connectivity index (χ4n) is 1.16. The van der Waals surface area contributed by atoms with Gasteiger partial charge in [0.25, 0.3) is 0 Å². The van der Waals surface area contributed by atoms with Crippen molar-refractivity contribution < 1.29 is 0 Å². The first kappa shape index (κ1) is 6.92. The van der Waals surface area contributed by atoms with Gasteiger partial charge in [0.15, 0.2) is 0 Å². The second kappa shape index (κ2) is 2.70. The van der Waals surface area contributed by atoms with Crippen LogP contribution in [0.2, 0.25) is 0 Å². The van der Waals surface area contributed by atoms with Gasteiger partial charge in [0.05, 0.1) is 0 Å². The number of hydrogen-bond acceptors (Lipinski definition) is 0. The van der Waals surface area contributed by atoms with E-state index in [2.05, 4.69) is 44.7 Å². The van der Waals surface area contributed by atoms with Gasteiger partial charge in [0.2, 0.25) is 0 Å². The first-order valence-corrected chi connectivity index (χ1v) is 4.64. The van der Waals surface area contributed by atoms with Crippen LogP contribution in [0.3, 0.4) is 0 Å². The van der Waals surface area contributed by atoms with Crippen LogP contribution in [0, 0.1) is 0 Å². The van der Waals surface area contributed by atoms with Crippen LogP contribution >= 0.6 is 15.9 Å². The summed E-state index contributed by atoms with van der Waals surface area (Å²) in [6, 6.07) is 8.44. The Bertz CT molecular complexity index is 364. The average molecular weight is 210 g/mol. The molecule has 2 aromatic heterocycles. The summed E-state index contributed by atoms with van der Waals surface area (Å²) >= 11 is 3.42. The van der Waals surface area contributed by atoms with Crippen LogP contribution in [0.5, 0.6) is 0 Å². The second-order valence-electron chi connectivity index (χ2n) is 2.51. The lowest BCUT2D eigenvalue weighted by Gasteiger charge is -1.96. The van der Waals surface area contributed by atoms with Gasteiger partial charge >= 0.3 is 0 Å². The normalized spacial score (nSPS) is 10.6. The minimum absolute atomic E-state index is 0.925. The van der Waals surface area contributed by atoms with E-state index in [9.17, 15) is 0 Å². The van der Waals surface area contributed by atoms with Gasteiger partial charge < -0.3 is 4.40 Å². The fourth-order valence-corrected chi connectivity index (χ4v) is 1.51. The van der Waals surface area contributed by atoms with Crippen LogP contribution in [-0.4, -0.2) is 4.40 Å². The van der Waals surface area contributed by atoms with Crippen molar-refractivity contribution in [3.05, 3.63) is 42.2 Å². The summed E-state index contributed by atoms with van der Waals surface area (Å²) in [6.07, 6.45) is 4.12. The summed E-state index contributed by atoms with van der Waals surface area (Å²) in [4.78, 5) is 0. The van der Waals surface area contributed by atoms with E-state index in [-0.39, 0.29) is 0 Å². The van der Waals surface area contributed by atoms with E-state index >= 15 is 0 Å². The molecule has 2 rings (SSSR count). The zero-order chi connectivity index (χ0) is 7.68. The maximum atomic E-state index is 3.42. The number of alkyl halides is 1. The minimum Gasteiger partial charge on any atom is -0.324 e. The second-order valence-corrected chi connectivity index (χ2v) is 3.07. The van der Waals surface area contributed by atoms with Crippen molar-refractivity contribution in [1.29, 1.82) is 0 Å². The molecule has 0 unspecified atom stereocenters. The van der Waals surface area contributed by atoms with Crippen molar-refractivity contribution >= 4 is 21.4 Å². The molecule has 0 aliphatic carbocycles. The molecular weight excluding hydrogens is 202 g/mol. The van der Waals surface area contributed by atoms with E-state index in [0.29, 0.717) is 0 Å². The summed E-state index contributed by atoms with van der Waals surface area (Å²) < 4.78 is 2.10. The topological polar surface area (TPSA) is 4.41 Å². The molecule has 56 valence electrons. The zero-order valence-electron chi connectivity index (χ0n) is 6.00. The molecule has 0 bridgehead atoms. The highest BCUT2D eigenvalue weighted by molar-refractivity contribution is 9.08. The predicted molar refractivity (Wildman–Crippen MR) is 50.0 cm³/mol. The Morgan fingerprint density at radius 3 is 3.00 bits per heavy atom. The number of halogens is 1. The Kier molecular flexibility index (Phi) is 1.70.